The van der Waals surface area contributed by atoms with E-state index in [1.807, 2.05) is 0 Å². The van der Waals surface area contributed by atoms with Gasteiger partial charge in [-0.1, -0.05) is 30.7 Å². The van der Waals surface area contributed by atoms with Crippen LogP contribution in [0.2, 0.25) is 5.02 Å². The molecule has 0 radical (unpaired) electrons. The van der Waals surface area contributed by atoms with Gasteiger partial charge in [0.2, 0.25) is 0 Å². The first-order valence-corrected chi connectivity index (χ1v) is 11.4. The number of fused-ring (bicyclic) bond motifs is 1. The van der Waals surface area contributed by atoms with Gasteiger partial charge in [0.15, 0.2) is 15.7 Å². The zero-order valence-corrected chi connectivity index (χ0v) is 18.7. The zero-order chi connectivity index (χ0) is 23.4. The maximum atomic E-state index is 13.1. The summed E-state index contributed by atoms with van der Waals surface area (Å²) in [6, 6.07) is 7.49. The van der Waals surface area contributed by atoms with E-state index >= 15 is 0 Å². The Morgan fingerprint density at radius 3 is 2.50 bits per heavy atom. The van der Waals surface area contributed by atoms with Gasteiger partial charge in [-0.3, -0.25) is 4.68 Å². The Hall–Kier alpha value is -2.92. The molecule has 4 rings (SSSR count). The second-order valence-electron chi connectivity index (χ2n) is 7.11. The van der Waals surface area contributed by atoms with Gasteiger partial charge in [-0.25, -0.2) is 18.4 Å². The zero-order valence-electron chi connectivity index (χ0n) is 17.1. The smallest absolute Gasteiger partial charge is 0.324 e. The second kappa shape index (κ2) is 7.59. The molecule has 3 aromatic heterocycles. The Bertz CT molecular complexity index is 1460. The monoisotopic (exact) mass is 483 g/mol. The highest BCUT2D eigenvalue weighted by atomic mass is 35.5. The predicted octanol–water partition coefficient (Wildman–Crippen LogP) is 4.50. The van der Waals surface area contributed by atoms with Crippen molar-refractivity contribution < 1.29 is 21.6 Å². The summed E-state index contributed by atoms with van der Waals surface area (Å²) in [6.45, 7) is 1.50. The number of sulfone groups is 1. The SMILES string of the molecule is CCS(=O)(=O)c1c(-c2nc3cc(C(F)(F)F)ncc3n2C)nn(C)c1-c1cccc(Cl)c1. The highest BCUT2D eigenvalue weighted by molar-refractivity contribution is 7.91. The van der Waals surface area contributed by atoms with E-state index in [1.165, 1.54) is 16.2 Å². The Labute approximate surface area is 186 Å². The standard InChI is InChI=1S/C20H17ClF3N5O2S/c1-4-32(30,31)18-16(27-29(3)17(18)11-6-5-7-12(21)8-11)19-26-13-9-15(20(22,23)24)25-10-14(13)28(19)2/h5-10H,4H2,1-3H3. The van der Waals surface area contributed by atoms with Gasteiger partial charge < -0.3 is 4.57 Å². The lowest BCUT2D eigenvalue weighted by molar-refractivity contribution is -0.141. The molecule has 0 unspecified atom stereocenters. The molecule has 0 bridgehead atoms. The minimum absolute atomic E-state index is 0.0274. The molecule has 0 amide bonds. The van der Waals surface area contributed by atoms with E-state index in [0.29, 0.717) is 21.8 Å². The molecule has 4 aromatic rings. The van der Waals surface area contributed by atoms with Gasteiger partial charge in [0.1, 0.15) is 16.3 Å². The Morgan fingerprint density at radius 2 is 1.88 bits per heavy atom. The summed E-state index contributed by atoms with van der Waals surface area (Å²) >= 11 is 6.11. The van der Waals surface area contributed by atoms with Crippen LogP contribution in [0.3, 0.4) is 0 Å². The van der Waals surface area contributed by atoms with Crippen molar-refractivity contribution in [2.24, 2.45) is 14.1 Å². The molecule has 168 valence electrons. The Kier molecular flexibility index (Phi) is 5.29. The van der Waals surface area contributed by atoms with E-state index in [4.69, 9.17) is 11.6 Å². The molecular weight excluding hydrogens is 467 g/mol. The summed E-state index contributed by atoms with van der Waals surface area (Å²) in [6.07, 6.45) is -3.57. The number of halogens is 4. The molecule has 0 fully saturated rings. The average Bonchev–Trinajstić information content (AvgIpc) is 3.24. The van der Waals surface area contributed by atoms with Gasteiger partial charge in [0.25, 0.3) is 0 Å². The third-order valence-electron chi connectivity index (χ3n) is 5.06. The molecule has 0 N–H and O–H groups in total. The van der Waals surface area contributed by atoms with Crippen molar-refractivity contribution in [2.45, 2.75) is 18.0 Å². The first-order valence-electron chi connectivity index (χ1n) is 9.39. The minimum Gasteiger partial charge on any atom is -0.324 e. The topological polar surface area (TPSA) is 82.7 Å². The Morgan fingerprint density at radius 1 is 1.16 bits per heavy atom. The first-order chi connectivity index (χ1) is 14.9. The van der Waals surface area contributed by atoms with Crippen LogP contribution in [0.4, 0.5) is 13.2 Å². The lowest BCUT2D eigenvalue weighted by atomic mass is 10.1. The number of pyridine rings is 1. The number of hydrogen-bond donors (Lipinski definition) is 0. The van der Waals surface area contributed by atoms with E-state index in [2.05, 4.69) is 15.1 Å². The van der Waals surface area contributed by atoms with E-state index in [9.17, 15) is 21.6 Å². The van der Waals surface area contributed by atoms with E-state index in [-0.39, 0.29) is 27.7 Å². The Balaban J connectivity index is 2.04. The first kappa shape index (κ1) is 22.3. The summed E-state index contributed by atoms with van der Waals surface area (Å²) in [4.78, 5) is 7.69. The summed E-state index contributed by atoms with van der Waals surface area (Å²) < 4.78 is 68.4. The van der Waals surface area contributed by atoms with Crippen LogP contribution in [0.5, 0.6) is 0 Å². The summed E-state index contributed by atoms with van der Waals surface area (Å²) in [5.41, 5.74) is 0.131. The molecule has 32 heavy (non-hydrogen) atoms. The number of imidazole rings is 1. The third-order valence-corrected chi connectivity index (χ3v) is 7.07. The summed E-state index contributed by atoms with van der Waals surface area (Å²) in [7, 11) is -0.660. The number of aryl methyl sites for hydroxylation is 2. The lowest BCUT2D eigenvalue weighted by Crippen LogP contribution is -2.08. The van der Waals surface area contributed by atoms with E-state index in [1.54, 1.807) is 38.4 Å². The van der Waals surface area contributed by atoms with Gasteiger partial charge in [-0.15, -0.1) is 0 Å². The number of aromatic nitrogens is 5. The van der Waals surface area contributed by atoms with Crippen LogP contribution in [-0.4, -0.2) is 38.5 Å². The minimum atomic E-state index is -4.63. The van der Waals surface area contributed by atoms with Gasteiger partial charge in [0.05, 0.1) is 28.7 Å². The fourth-order valence-corrected chi connectivity index (χ4v) is 4.95. The van der Waals surface area contributed by atoms with Crippen LogP contribution in [0.15, 0.2) is 41.4 Å². The quantitative estimate of drug-likeness (QED) is 0.427. The molecule has 0 saturated heterocycles. The molecule has 0 aliphatic rings. The number of benzene rings is 1. The molecule has 0 saturated carbocycles. The molecule has 1 aromatic carbocycles. The largest absolute Gasteiger partial charge is 0.433 e. The second-order valence-corrected chi connectivity index (χ2v) is 9.77. The fourth-order valence-electron chi connectivity index (χ4n) is 3.50. The molecule has 3 heterocycles. The molecule has 12 heteroatoms. The normalized spacial score (nSPS) is 12.6. The maximum Gasteiger partial charge on any atom is 0.433 e. The molecule has 0 aliphatic carbocycles. The van der Waals surface area contributed by atoms with E-state index < -0.39 is 21.7 Å². The van der Waals surface area contributed by atoms with Crippen molar-refractivity contribution in [3.63, 3.8) is 0 Å². The van der Waals surface area contributed by atoms with Gasteiger partial charge in [-0.05, 0) is 18.2 Å². The summed E-state index contributed by atoms with van der Waals surface area (Å²) in [5.74, 6) is -0.0970. The molecule has 0 atom stereocenters. The maximum absolute atomic E-state index is 13.1. The van der Waals surface area contributed by atoms with Gasteiger partial charge in [-0.2, -0.15) is 18.3 Å². The van der Waals surface area contributed by atoms with Crippen molar-refractivity contribution >= 4 is 32.5 Å². The van der Waals surface area contributed by atoms with Crippen molar-refractivity contribution in [3.05, 3.63) is 47.2 Å². The van der Waals surface area contributed by atoms with Crippen LogP contribution in [0.25, 0.3) is 33.8 Å². The summed E-state index contributed by atoms with van der Waals surface area (Å²) in [5, 5.41) is 4.81. The lowest BCUT2D eigenvalue weighted by Gasteiger charge is -2.08. The van der Waals surface area contributed by atoms with Crippen LogP contribution in [0.1, 0.15) is 12.6 Å². The van der Waals surface area contributed by atoms with Crippen LogP contribution in [-0.2, 0) is 30.1 Å². The fraction of sp³-hybridized carbons (Fsp3) is 0.250. The van der Waals surface area contributed by atoms with Crippen LogP contribution < -0.4 is 0 Å². The van der Waals surface area contributed by atoms with Gasteiger partial charge in [0, 0.05) is 24.7 Å². The van der Waals surface area contributed by atoms with Crippen molar-refractivity contribution in [1.29, 1.82) is 0 Å². The molecular formula is C20H17ClF3N5O2S. The average molecular weight is 484 g/mol. The molecule has 0 spiro atoms. The third kappa shape index (κ3) is 3.65. The van der Waals surface area contributed by atoms with Crippen LogP contribution >= 0.6 is 11.6 Å². The number of alkyl halides is 3. The molecule has 7 nitrogen and oxygen atoms in total. The predicted molar refractivity (Wildman–Crippen MR) is 114 cm³/mol. The van der Waals surface area contributed by atoms with E-state index in [0.717, 1.165) is 12.3 Å². The van der Waals surface area contributed by atoms with Crippen molar-refractivity contribution in [3.8, 4) is 22.8 Å². The van der Waals surface area contributed by atoms with Gasteiger partial charge >= 0.3 is 6.18 Å². The highest BCUT2D eigenvalue weighted by Gasteiger charge is 2.34. The number of rotatable bonds is 4. The molecule has 0 aliphatic heterocycles. The van der Waals surface area contributed by atoms with Crippen molar-refractivity contribution in [2.75, 3.05) is 5.75 Å². The van der Waals surface area contributed by atoms with Crippen molar-refractivity contribution in [1.82, 2.24) is 24.3 Å². The number of nitrogens with zero attached hydrogens (tertiary/aromatic N) is 5. The number of hydrogen-bond acceptors (Lipinski definition) is 5. The highest BCUT2D eigenvalue weighted by Crippen LogP contribution is 2.38. The van der Waals surface area contributed by atoms with Crippen LogP contribution in [0, 0.1) is 0 Å².